The Morgan fingerprint density at radius 3 is 2.31 bits per heavy atom. The number of carbonyl (C=O) groups is 2. The number of benzene rings is 1. The maximum Gasteiger partial charge on any atom is 0.490 e. The molecular formula is C26H34F4N4O5. The highest BCUT2D eigenvalue weighted by Gasteiger charge is 2.38. The minimum atomic E-state index is -5.08. The third-order valence-corrected chi connectivity index (χ3v) is 6.05. The number of hydrogen-bond acceptors (Lipinski definition) is 6. The molecule has 39 heavy (non-hydrogen) atoms. The zero-order chi connectivity index (χ0) is 29.0. The normalized spacial score (nSPS) is 15.2. The van der Waals surface area contributed by atoms with Gasteiger partial charge in [0, 0.05) is 32.9 Å². The van der Waals surface area contributed by atoms with E-state index in [2.05, 4.69) is 15.2 Å². The fourth-order valence-electron chi connectivity index (χ4n) is 3.87. The van der Waals surface area contributed by atoms with Crippen LogP contribution in [-0.2, 0) is 16.1 Å². The van der Waals surface area contributed by atoms with E-state index in [0.717, 1.165) is 37.1 Å². The van der Waals surface area contributed by atoms with Crippen molar-refractivity contribution in [3.63, 3.8) is 0 Å². The van der Waals surface area contributed by atoms with Gasteiger partial charge in [-0.05, 0) is 68.1 Å². The first-order valence-electron chi connectivity index (χ1n) is 12.4. The average Bonchev–Trinajstić information content (AvgIpc) is 2.89. The number of ether oxygens (including phenoxy) is 1. The third kappa shape index (κ3) is 11.5. The van der Waals surface area contributed by atoms with E-state index in [0.29, 0.717) is 38.0 Å². The zero-order valence-corrected chi connectivity index (χ0v) is 21.8. The van der Waals surface area contributed by atoms with Crippen molar-refractivity contribution in [3.05, 3.63) is 59.5 Å². The summed E-state index contributed by atoms with van der Waals surface area (Å²) >= 11 is 0. The number of nitrogens with zero attached hydrogens (tertiary/aromatic N) is 3. The molecule has 216 valence electrons. The Kier molecular flexibility index (Phi) is 12.6. The summed E-state index contributed by atoms with van der Waals surface area (Å²) in [6.45, 7) is 6.03. The Bertz CT molecular complexity index is 1030. The first-order chi connectivity index (χ1) is 18.4. The molecule has 2 heterocycles. The first-order valence-corrected chi connectivity index (χ1v) is 12.4. The number of pyridine rings is 1. The molecule has 0 radical (unpaired) electrons. The van der Waals surface area contributed by atoms with E-state index >= 15 is 0 Å². The number of rotatable bonds is 9. The molecule has 2 aromatic rings. The van der Waals surface area contributed by atoms with Gasteiger partial charge in [0.15, 0.2) is 0 Å². The number of piperidine rings is 1. The summed E-state index contributed by atoms with van der Waals surface area (Å²) in [6.07, 6.45) is -2.09. The fourth-order valence-corrected chi connectivity index (χ4v) is 3.87. The van der Waals surface area contributed by atoms with Crippen molar-refractivity contribution in [2.45, 2.75) is 38.7 Å². The predicted molar refractivity (Wildman–Crippen MR) is 135 cm³/mol. The molecule has 1 aliphatic rings. The molecule has 13 heteroatoms. The number of aromatic nitrogens is 1. The van der Waals surface area contributed by atoms with Gasteiger partial charge < -0.3 is 24.7 Å². The highest BCUT2D eigenvalue weighted by molar-refractivity contribution is 5.88. The van der Waals surface area contributed by atoms with E-state index < -0.39 is 18.2 Å². The molecular weight excluding hydrogens is 524 g/mol. The number of anilines is 1. The number of carboxylic acids is 1. The lowest BCUT2D eigenvalue weighted by Gasteiger charge is -2.34. The lowest BCUT2D eigenvalue weighted by Crippen LogP contribution is -2.41. The Morgan fingerprint density at radius 2 is 1.79 bits per heavy atom. The number of amides is 2. The van der Waals surface area contributed by atoms with Crippen LogP contribution in [0.15, 0.2) is 42.6 Å². The minimum Gasteiger partial charge on any atom is -0.475 e. The third-order valence-electron chi connectivity index (χ3n) is 6.05. The van der Waals surface area contributed by atoms with Crippen LogP contribution in [0.4, 0.5) is 28.2 Å². The summed E-state index contributed by atoms with van der Waals surface area (Å²) in [5.74, 6) is -2.13. The van der Waals surface area contributed by atoms with E-state index in [1.165, 1.54) is 12.1 Å². The van der Waals surface area contributed by atoms with Crippen molar-refractivity contribution < 1.29 is 42.1 Å². The zero-order valence-electron chi connectivity index (χ0n) is 21.8. The number of carboxylic acid groups (broad SMARTS) is 1. The summed E-state index contributed by atoms with van der Waals surface area (Å²) in [7, 11) is 1.80. The Labute approximate surface area is 224 Å². The minimum absolute atomic E-state index is 0.177. The number of carbonyl (C=O) groups excluding carboxylic acids is 1. The maximum atomic E-state index is 13.1. The number of aliphatic carboxylic acids is 1. The van der Waals surface area contributed by atoms with Crippen LogP contribution in [0.25, 0.3) is 0 Å². The molecule has 9 nitrogen and oxygen atoms in total. The number of nitrogens with one attached hydrogen (secondary N) is 1. The van der Waals surface area contributed by atoms with Crippen molar-refractivity contribution in [2.75, 3.05) is 45.2 Å². The van der Waals surface area contributed by atoms with Crippen LogP contribution in [0.2, 0.25) is 0 Å². The van der Waals surface area contributed by atoms with Crippen LogP contribution in [0, 0.1) is 11.7 Å². The predicted octanol–water partition coefficient (Wildman–Crippen LogP) is 4.30. The number of hydrogen-bond donors (Lipinski definition) is 3. The molecule has 2 amide bonds. The van der Waals surface area contributed by atoms with Gasteiger partial charge in [0.05, 0.1) is 12.7 Å². The lowest BCUT2D eigenvalue weighted by atomic mass is 9.95. The van der Waals surface area contributed by atoms with E-state index in [9.17, 15) is 27.5 Å². The molecule has 1 unspecified atom stereocenters. The molecule has 0 bridgehead atoms. The second kappa shape index (κ2) is 15.3. The van der Waals surface area contributed by atoms with Gasteiger partial charge in [-0.3, -0.25) is 5.32 Å². The van der Waals surface area contributed by atoms with Crippen LogP contribution in [0.1, 0.15) is 37.0 Å². The smallest absolute Gasteiger partial charge is 0.475 e. The van der Waals surface area contributed by atoms with Gasteiger partial charge in [-0.2, -0.15) is 13.2 Å². The van der Waals surface area contributed by atoms with Gasteiger partial charge >= 0.3 is 18.2 Å². The number of β-amino-alcohol motifs (C(OH)–C–C–N with tert-alkyl or cyclic N) is 1. The van der Waals surface area contributed by atoms with E-state index in [-0.39, 0.29) is 11.8 Å². The fraction of sp³-hybridized carbons (Fsp3) is 0.500. The standard InChI is InChI=1S/C24H33FN4O3.C2HF3O2/c1-3-32-17-19-4-9-23(26-14-19)27-24(31)28(2)15-18-10-12-29(13-11-18)16-22(30)20-5-7-21(25)8-6-20;3-2(4,5)1(6)7/h4-9,14,18,22,30H,3,10-13,15-17H2,1-2H3,(H,26,27,31);(H,6,7). The largest absolute Gasteiger partial charge is 0.490 e. The summed E-state index contributed by atoms with van der Waals surface area (Å²) < 4.78 is 50.1. The quantitative estimate of drug-likeness (QED) is 0.393. The van der Waals surface area contributed by atoms with Gasteiger partial charge in [-0.25, -0.2) is 19.0 Å². The van der Waals surface area contributed by atoms with E-state index in [1.807, 2.05) is 13.0 Å². The molecule has 1 aromatic heterocycles. The number of aliphatic hydroxyl groups is 1. The highest BCUT2D eigenvalue weighted by atomic mass is 19.4. The number of alkyl halides is 3. The van der Waals surface area contributed by atoms with E-state index in [1.54, 1.807) is 36.3 Å². The summed E-state index contributed by atoms with van der Waals surface area (Å²) in [5.41, 5.74) is 1.69. The summed E-state index contributed by atoms with van der Waals surface area (Å²) in [5, 5.41) is 20.4. The molecule has 0 saturated carbocycles. The van der Waals surface area contributed by atoms with Crippen LogP contribution in [0.3, 0.4) is 0 Å². The second-order valence-corrected chi connectivity index (χ2v) is 9.11. The second-order valence-electron chi connectivity index (χ2n) is 9.11. The van der Waals surface area contributed by atoms with Crippen molar-refractivity contribution in [2.24, 2.45) is 5.92 Å². The average molecular weight is 559 g/mol. The first kappa shape index (κ1) is 31.9. The Balaban J connectivity index is 0.000000673. The molecule has 0 spiro atoms. The van der Waals surface area contributed by atoms with Gasteiger partial charge in [-0.15, -0.1) is 0 Å². The van der Waals surface area contributed by atoms with Crippen LogP contribution in [0.5, 0.6) is 0 Å². The number of aliphatic hydroxyl groups excluding tert-OH is 1. The number of likely N-dealkylation sites (tertiary alicyclic amines) is 1. The topological polar surface area (TPSA) is 115 Å². The number of halogens is 4. The van der Waals surface area contributed by atoms with E-state index in [4.69, 9.17) is 14.6 Å². The van der Waals surface area contributed by atoms with Crippen LogP contribution in [-0.4, -0.2) is 83.0 Å². The molecule has 0 aliphatic carbocycles. The SMILES string of the molecule is CCOCc1ccc(NC(=O)N(C)CC2CCN(CC(O)c3ccc(F)cc3)CC2)nc1.O=C(O)C(F)(F)F. The Hall–Kier alpha value is -3.29. The van der Waals surface area contributed by atoms with Gasteiger partial charge in [0.1, 0.15) is 11.6 Å². The highest BCUT2D eigenvalue weighted by Crippen LogP contribution is 2.22. The van der Waals surface area contributed by atoms with Gasteiger partial charge in [0.2, 0.25) is 0 Å². The molecule has 3 rings (SSSR count). The maximum absolute atomic E-state index is 13.1. The van der Waals surface area contributed by atoms with Gasteiger partial charge in [-0.1, -0.05) is 18.2 Å². The molecule has 1 aromatic carbocycles. The molecule has 1 aliphatic heterocycles. The van der Waals surface area contributed by atoms with Gasteiger partial charge in [0.25, 0.3) is 0 Å². The van der Waals surface area contributed by atoms with Crippen molar-refractivity contribution in [1.29, 1.82) is 0 Å². The molecule has 1 saturated heterocycles. The molecule has 3 N–H and O–H groups in total. The monoisotopic (exact) mass is 558 g/mol. The lowest BCUT2D eigenvalue weighted by molar-refractivity contribution is -0.192. The molecule has 1 fully saturated rings. The summed E-state index contributed by atoms with van der Waals surface area (Å²) in [4.78, 5) is 29.6. The number of urea groups is 1. The van der Waals surface area contributed by atoms with Crippen LogP contribution >= 0.6 is 0 Å². The van der Waals surface area contributed by atoms with Crippen molar-refractivity contribution in [3.8, 4) is 0 Å². The molecule has 1 atom stereocenters. The summed E-state index contributed by atoms with van der Waals surface area (Å²) in [6, 6.07) is 9.50. The van der Waals surface area contributed by atoms with Crippen molar-refractivity contribution in [1.82, 2.24) is 14.8 Å². The Morgan fingerprint density at radius 1 is 1.18 bits per heavy atom. The van der Waals surface area contributed by atoms with Crippen molar-refractivity contribution >= 4 is 17.8 Å². The van der Waals surface area contributed by atoms with Crippen LogP contribution < -0.4 is 5.32 Å².